The van der Waals surface area contributed by atoms with Crippen molar-refractivity contribution in [3.63, 3.8) is 0 Å². The predicted octanol–water partition coefficient (Wildman–Crippen LogP) is 5.14. The van der Waals surface area contributed by atoms with Gasteiger partial charge in [0.1, 0.15) is 0 Å². The minimum atomic E-state index is -3.85. The minimum absolute atomic E-state index is 0.0170. The molecule has 2 aromatic rings. The zero-order valence-corrected chi connectivity index (χ0v) is 18.9. The average molecular weight is 489 g/mol. The summed E-state index contributed by atoms with van der Waals surface area (Å²) in [4.78, 5) is 11.5. The third kappa shape index (κ3) is 5.35. The van der Waals surface area contributed by atoms with Gasteiger partial charge in [0.25, 0.3) is 0 Å². The molecule has 0 bridgehead atoms. The van der Waals surface area contributed by atoms with Crippen molar-refractivity contribution in [2.24, 2.45) is 0 Å². The van der Waals surface area contributed by atoms with Gasteiger partial charge in [0.05, 0.1) is 10.5 Å². The maximum absolute atomic E-state index is 13.3. The molecule has 0 aliphatic carbocycles. The van der Waals surface area contributed by atoms with Crippen molar-refractivity contribution < 1.29 is 18.3 Å². The molecule has 0 aliphatic rings. The Morgan fingerprint density at radius 3 is 2.50 bits per heavy atom. The summed E-state index contributed by atoms with van der Waals surface area (Å²) in [5.41, 5.74) is 1.29. The topological polar surface area (TPSA) is 74.7 Å². The second kappa shape index (κ2) is 9.87. The van der Waals surface area contributed by atoms with Crippen LogP contribution in [-0.2, 0) is 16.4 Å². The molecule has 2 rings (SSSR count). The molecule has 0 heterocycles. The molecule has 0 aromatic heterocycles. The van der Waals surface area contributed by atoms with Crippen LogP contribution in [0.2, 0.25) is 5.02 Å². The van der Waals surface area contributed by atoms with Crippen LogP contribution in [0, 0.1) is 6.92 Å². The van der Waals surface area contributed by atoms with Crippen LogP contribution in [0.3, 0.4) is 0 Å². The zero-order chi connectivity index (χ0) is 20.9. The summed E-state index contributed by atoms with van der Waals surface area (Å²) in [6, 6.07) is 10.1. The number of sulfonamides is 1. The number of hydrogen-bond donors (Lipinski definition) is 1. The number of hydrogen-bond acceptors (Lipinski definition) is 3. The number of carboxylic acids is 1. The Morgan fingerprint density at radius 1 is 1.21 bits per heavy atom. The van der Waals surface area contributed by atoms with Gasteiger partial charge in [0.2, 0.25) is 10.0 Å². The van der Waals surface area contributed by atoms with Gasteiger partial charge in [0, 0.05) is 22.6 Å². The summed E-state index contributed by atoms with van der Waals surface area (Å²) in [6.45, 7) is 4.28. The number of halogens is 2. The molecule has 2 aromatic carbocycles. The third-order valence-corrected chi connectivity index (χ3v) is 7.53. The first-order valence-corrected chi connectivity index (χ1v) is 11.6. The molecule has 5 nitrogen and oxygen atoms in total. The molecule has 0 aliphatic heterocycles. The largest absolute Gasteiger partial charge is 0.478 e. The van der Waals surface area contributed by atoms with Crippen LogP contribution in [0.15, 0.2) is 45.8 Å². The summed E-state index contributed by atoms with van der Waals surface area (Å²) in [5.74, 6) is -1.18. The molecule has 0 unspecified atom stereocenters. The first kappa shape index (κ1) is 22.9. The molecule has 28 heavy (non-hydrogen) atoms. The molecule has 0 saturated heterocycles. The number of carboxylic acid groups (broad SMARTS) is 1. The maximum Gasteiger partial charge on any atom is 0.336 e. The van der Waals surface area contributed by atoms with Gasteiger partial charge >= 0.3 is 5.97 Å². The molecular formula is C20H23BrClNO4S. The van der Waals surface area contributed by atoms with E-state index in [1.54, 1.807) is 13.0 Å². The van der Waals surface area contributed by atoms with E-state index < -0.39 is 16.0 Å². The van der Waals surface area contributed by atoms with E-state index in [-0.39, 0.29) is 17.0 Å². The highest BCUT2D eigenvalue weighted by molar-refractivity contribution is 9.10. The van der Waals surface area contributed by atoms with Crippen LogP contribution in [-0.4, -0.2) is 36.9 Å². The summed E-state index contributed by atoms with van der Waals surface area (Å²) < 4.78 is 28.4. The van der Waals surface area contributed by atoms with Crippen molar-refractivity contribution in [3.05, 3.63) is 62.6 Å². The first-order chi connectivity index (χ1) is 13.2. The van der Waals surface area contributed by atoms with E-state index >= 15 is 0 Å². The van der Waals surface area contributed by atoms with Gasteiger partial charge in [0.15, 0.2) is 0 Å². The highest BCUT2D eigenvalue weighted by Gasteiger charge is 2.27. The highest BCUT2D eigenvalue weighted by Crippen LogP contribution is 2.28. The average Bonchev–Trinajstić information content (AvgIpc) is 2.62. The van der Waals surface area contributed by atoms with E-state index in [1.807, 2.05) is 25.1 Å². The van der Waals surface area contributed by atoms with Crippen molar-refractivity contribution in [3.8, 4) is 0 Å². The summed E-state index contributed by atoms with van der Waals surface area (Å²) in [7, 11) is -3.85. The van der Waals surface area contributed by atoms with Crippen molar-refractivity contribution in [2.75, 3.05) is 13.1 Å². The van der Waals surface area contributed by atoms with Gasteiger partial charge in [-0.25, -0.2) is 13.2 Å². The van der Waals surface area contributed by atoms with E-state index in [4.69, 9.17) is 11.6 Å². The number of nitrogens with zero attached hydrogens (tertiary/aromatic N) is 1. The fourth-order valence-corrected chi connectivity index (χ4v) is 5.44. The Kier molecular flexibility index (Phi) is 8.07. The summed E-state index contributed by atoms with van der Waals surface area (Å²) in [5, 5.41) is 9.96. The minimum Gasteiger partial charge on any atom is -0.478 e. The van der Waals surface area contributed by atoms with Gasteiger partial charge in [-0.1, -0.05) is 43.1 Å². The molecule has 0 radical (unpaired) electrons. The Hall–Kier alpha value is -1.41. The Labute approximate surface area is 179 Å². The Balaban J connectivity index is 2.40. The van der Waals surface area contributed by atoms with Crippen LogP contribution in [0.1, 0.15) is 41.3 Å². The first-order valence-electron chi connectivity index (χ1n) is 8.95. The second-order valence-electron chi connectivity index (χ2n) is 6.50. The quantitative estimate of drug-likeness (QED) is 0.530. The van der Waals surface area contributed by atoms with Crippen LogP contribution in [0.25, 0.3) is 0 Å². The fraction of sp³-hybridized carbons (Fsp3) is 0.350. The molecule has 8 heteroatoms. The number of carbonyl (C=O) groups is 1. The second-order valence-corrected chi connectivity index (χ2v) is 9.67. The number of aromatic carboxylic acids is 1. The van der Waals surface area contributed by atoms with E-state index in [0.29, 0.717) is 34.4 Å². The number of rotatable bonds is 9. The van der Waals surface area contributed by atoms with Crippen LogP contribution in [0.5, 0.6) is 0 Å². The third-order valence-electron chi connectivity index (χ3n) is 4.46. The van der Waals surface area contributed by atoms with Crippen LogP contribution >= 0.6 is 27.5 Å². The molecule has 0 amide bonds. The molecular weight excluding hydrogens is 466 g/mol. The summed E-state index contributed by atoms with van der Waals surface area (Å²) in [6.07, 6.45) is 2.03. The zero-order valence-electron chi connectivity index (χ0n) is 15.8. The standard InChI is InChI=1S/C20H23BrClNO4S/c1-3-4-10-23(11-9-15-7-5-6-8-18(15)22)28(26,27)19-13-16(20(24)25)17(21)12-14(19)2/h5-8,12-13H,3-4,9-11H2,1-2H3,(H,24,25). The molecule has 0 spiro atoms. The molecule has 0 atom stereocenters. The van der Waals surface area contributed by atoms with E-state index in [0.717, 1.165) is 12.0 Å². The number of aryl methyl sites for hydroxylation is 1. The van der Waals surface area contributed by atoms with Crippen molar-refractivity contribution in [2.45, 2.75) is 38.0 Å². The van der Waals surface area contributed by atoms with Crippen molar-refractivity contribution in [1.29, 1.82) is 0 Å². The van der Waals surface area contributed by atoms with Crippen LogP contribution in [0.4, 0.5) is 0 Å². The molecule has 152 valence electrons. The number of unbranched alkanes of at least 4 members (excludes halogenated alkanes) is 1. The maximum atomic E-state index is 13.3. The normalized spacial score (nSPS) is 11.8. The van der Waals surface area contributed by atoms with Gasteiger partial charge in [-0.15, -0.1) is 0 Å². The number of benzene rings is 2. The van der Waals surface area contributed by atoms with Gasteiger partial charge in [-0.2, -0.15) is 4.31 Å². The van der Waals surface area contributed by atoms with E-state index in [9.17, 15) is 18.3 Å². The lowest BCUT2D eigenvalue weighted by Gasteiger charge is -2.24. The summed E-state index contributed by atoms with van der Waals surface area (Å²) >= 11 is 9.40. The lowest BCUT2D eigenvalue weighted by Crippen LogP contribution is -2.34. The lowest BCUT2D eigenvalue weighted by atomic mass is 10.1. The Bertz CT molecular complexity index is 963. The van der Waals surface area contributed by atoms with Crippen molar-refractivity contribution >= 4 is 43.5 Å². The van der Waals surface area contributed by atoms with Crippen molar-refractivity contribution in [1.82, 2.24) is 4.31 Å². The van der Waals surface area contributed by atoms with Gasteiger partial charge < -0.3 is 5.11 Å². The predicted molar refractivity (Wildman–Crippen MR) is 115 cm³/mol. The molecule has 1 N–H and O–H groups in total. The monoisotopic (exact) mass is 487 g/mol. The lowest BCUT2D eigenvalue weighted by molar-refractivity contribution is 0.0695. The van der Waals surface area contributed by atoms with Gasteiger partial charge in [-0.05, 0) is 65.0 Å². The molecule has 0 saturated carbocycles. The van der Waals surface area contributed by atoms with E-state index in [1.165, 1.54) is 16.4 Å². The smallest absolute Gasteiger partial charge is 0.336 e. The van der Waals surface area contributed by atoms with E-state index in [2.05, 4.69) is 15.9 Å². The van der Waals surface area contributed by atoms with Crippen LogP contribution < -0.4 is 0 Å². The SMILES string of the molecule is CCCCN(CCc1ccccc1Cl)S(=O)(=O)c1cc(C(=O)O)c(Br)cc1C. The fourth-order valence-electron chi connectivity index (χ4n) is 2.87. The highest BCUT2D eigenvalue weighted by atomic mass is 79.9. The van der Waals surface area contributed by atoms with Gasteiger partial charge in [-0.3, -0.25) is 0 Å². The molecule has 0 fully saturated rings. The Morgan fingerprint density at radius 2 is 1.89 bits per heavy atom.